The van der Waals surface area contributed by atoms with E-state index in [4.69, 9.17) is 0 Å². The first-order valence-corrected chi connectivity index (χ1v) is 6.97. The van der Waals surface area contributed by atoms with Crippen LogP contribution in [0.5, 0.6) is 0 Å². The highest BCUT2D eigenvalue weighted by atomic mass is 19.1. The Morgan fingerprint density at radius 3 is 2.29 bits per heavy atom. The summed E-state index contributed by atoms with van der Waals surface area (Å²) in [6.45, 7) is 5.74. The normalized spacial score (nSPS) is 13.6. The number of hydrogen-bond donors (Lipinski definition) is 3. The van der Waals surface area contributed by atoms with E-state index >= 15 is 0 Å². The van der Waals surface area contributed by atoms with E-state index in [1.54, 1.807) is 14.0 Å². The van der Waals surface area contributed by atoms with Crippen molar-refractivity contribution < 1.29 is 18.9 Å². The minimum absolute atomic E-state index is 0.0775. The highest BCUT2D eigenvalue weighted by Gasteiger charge is 2.24. The lowest BCUT2D eigenvalue weighted by Gasteiger charge is -2.21. The minimum Gasteiger partial charge on any atom is -0.349 e. The van der Waals surface area contributed by atoms with Crippen LogP contribution in [0.25, 0.3) is 0 Å². The second kappa shape index (κ2) is 7.73. The van der Waals surface area contributed by atoms with Crippen molar-refractivity contribution in [2.24, 2.45) is 0 Å². The first kappa shape index (κ1) is 17.1. The number of benzene rings is 1. The van der Waals surface area contributed by atoms with Gasteiger partial charge in [-0.15, -0.1) is 0 Å². The molecule has 21 heavy (non-hydrogen) atoms. The summed E-state index contributed by atoms with van der Waals surface area (Å²) in [5.41, 5.74) is 0.535. The Morgan fingerprint density at radius 1 is 1.19 bits per heavy atom. The van der Waals surface area contributed by atoms with Crippen LogP contribution in [-0.4, -0.2) is 37.5 Å². The number of anilines is 1. The lowest BCUT2D eigenvalue weighted by atomic mass is 10.2. The van der Waals surface area contributed by atoms with Crippen LogP contribution >= 0.6 is 0 Å². The number of likely N-dealkylation sites (N-methyl/N-ethyl adjacent to an activating group) is 1. The predicted molar refractivity (Wildman–Crippen MR) is 79.5 cm³/mol. The maximum atomic E-state index is 12.8. The molecule has 0 spiro atoms. The summed E-state index contributed by atoms with van der Waals surface area (Å²) in [6.07, 6.45) is 0. The average molecular weight is 296 g/mol. The van der Waals surface area contributed by atoms with Gasteiger partial charge in [0, 0.05) is 11.7 Å². The molecule has 1 unspecified atom stereocenters. The molecule has 0 aromatic heterocycles. The molecular formula is C15H23FN3O2+. The molecule has 3 N–H and O–H groups in total. The van der Waals surface area contributed by atoms with Crippen molar-refractivity contribution in [3.05, 3.63) is 30.1 Å². The molecule has 0 heterocycles. The molecule has 2 amide bonds. The van der Waals surface area contributed by atoms with Gasteiger partial charge in [0.25, 0.3) is 11.8 Å². The van der Waals surface area contributed by atoms with Crippen LogP contribution in [0, 0.1) is 5.82 Å². The summed E-state index contributed by atoms with van der Waals surface area (Å²) in [4.78, 5) is 24.6. The molecule has 6 heteroatoms. The Bertz CT molecular complexity index is 488. The molecule has 0 bridgehead atoms. The van der Waals surface area contributed by atoms with Crippen LogP contribution in [0.1, 0.15) is 20.8 Å². The van der Waals surface area contributed by atoms with Crippen LogP contribution in [-0.2, 0) is 9.59 Å². The molecule has 0 aliphatic carbocycles. The Balaban J connectivity index is 2.53. The Hall–Kier alpha value is -1.95. The predicted octanol–water partition coefficient (Wildman–Crippen LogP) is 0.192. The van der Waals surface area contributed by atoms with Gasteiger partial charge in [-0.25, -0.2) is 4.39 Å². The van der Waals surface area contributed by atoms with Gasteiger partial charge in [0.15, 0.2) is 12.6 Å². The summed E-state index contributed by atoms with van der Waals surface area (Å²) in [5.74, 6) is -0.658. The van der Waals surface area contributed by atoms with Crippen LogP contribution in [0.3, 0.4) is 0 Å². The van der Waals surface area contributed by atoms with E-state index in [-0.39, 0.29) is 30.2 Å². The Morgan fingerprint density at radius 2 is 1.76 bits per heavy atom. The number of carbonyl (C=O) groups is 2. The molecule has 5 nitrogen and oxygen atoms in total. The van der Waals surface area contributed by atoms with Gasteiger partial charge in [-0.2, -0.15) is 0 Å². The van der Waals surface area contributed by atoms with Crippen LogP contribution in [0.2, 0.25) is 0 Å². The second-order valence-corrected chi connectivity index (χ2v) is 5.46. The summed E-state index contributed by atoms with van der Waals surface area (Å²) in [5, 5.41) is 5.50. The number of carbonyl (C=O) groups excluding carboxylic acids is 2. The van der Waals surface area contributed by atoms with Gasteiger partial charge in [0.05, 0.1) is 7.05 Å². The van der Waals surface area contributed by atoms with Crippen molar-refractivity contribution >= 4 is 17.5 Å². The van der Waals surface area contributed by atoms with E-state index in [9.17, 15) is 14.0 Å². The standard InChI is InChI=1S/C15H22FN3O2/c1-10(2)17-14(20)9-19(4)11(3)15(21)18-13-7-5-12(16)6-8-13/h5-8,10-11H,9H2,1-4H3,(H,17,20)(H,18,21)/p+1/t11-/m0/s1. The van der Waals surface area contributed by atoms with Crippen molar-refractivity contribution in [1.82, 2.24) is 5.32 Å². The average Bonchev–Trinajstić information content (AvgIpc) is 2.39. The molecule has 0 saturated carbocycles. The van der Waals surface area contributed by atoms with Crippen LogP contribution in [0.15, 0.2) is 24.3 Å². The fraction of sp³-hybridized carbons (Fsp3) is 0.467. The quantitative estimate of drug-likeness (QED) is 0.702. The van der Waals surface area contributed by atoms with Gasteiger partial charge in [0.1, 0.15) is 5.82 Å². The molecule has 1 aromatic carbocycles. The third-order valence-electron chi connectivity index (χ3n) is 3.13. The van der Waals surface area contributed by atoms with E-state index in [0.29, 0.717) is 5.69 Å². The molecule has 1 aromatic rings. The zero-order valence-electron chi connectivity index (χ0n) is 12.9. The van der Waals surface area contributed by atoms with E-state index in [0.717, 1.165) is 4.90 Å². The van der Waals surface area contributed by atoms with Gasteiger partial charge in [-0.05, 0) is 45.0 Å². The van der Waals surface area contributed by atoms with Gasteiger partial charge in [0.2, 0.25) is 0 Å². The number of hydrogen-bond acceptors (Lipinski definition) is 2. The lowest BCUT2D eigenvalue weighted by molar-refractivity contribution is -0.885. The first-order chi connectivity index (χ1) is 9.79. The number of amides is 2. The van der Waals surface area contributed by atoms with E-state index in [1.165, 1.54) is 24.3 Å². The summed E-state index contributed by atoms with van der Waals surface area (Å²) >= 11 is 0. The van der Waals surface area contributed by atoms with E-state index in [1.807, 2.05) is 13.8 Å². The third kappa shape index (κ3) is 5.91. The fourth-order valence-electron chi connectivity index (χ4n) is 1.79. The largest absolute Gasteiger partial charge is 0.349 e. The highest BCUT2D eigenvalue weighted by molar-refractivity contribution is 5.93. The molecule has 1 rings (SSSR count). The fourth-order valence-corrected chi connectivity index (χ4v) is 1.79. The second-order valence-electron chi connectivity index (χ2n) is 5.46. The van der Waals surface area contributed by atoms with Crippen molar-refractivity contribution in [3.63, 3.8) is 0 Å². The lowest BCUT2D eigenvalue weighted by Crippen LogP contribution is -3.15. The monoisotopic (exact) mass is 296 g/mol. The number of quaternary nitrogens is 1. The number of nitrogens with one attached hydrogen (secondary N) is 3. The zero-order chi connectivity index (χ0) is 16.0. The van der Waals surface area contributed by atoms with Crippen molar-refractivity contribution in [2.45, 2.75) is 32.9 Å². The molecule has 0 aliphatic rings. The molecule has 0 aliphatic heterocycles. The summed E-state index contributed by atoms with van der Waals surface area (Å²) in [7, 11) is 1.79. The Labute approximate surface area is 124 Å². The van der Waals surface area contributed by atoms with Gasteiger partial charge < -0.3 is 15.5 Å². The highest BCUT2D eigenvalue weighted by Crippen LogP contribution is 2.08. The molecule has 0 fully saturated rings. The smallest absolute Gasteiger partial charge is 0.282 e. The molecular weight excluding hydrogens is 273 g/mol. The van der Waals surface area contributed by atoms with E-state index in [2.05, 4.69) is 10.6 Å². The van der Waals surface area contributed by atoms with Crippen molar-refractivity contribution in [1.29, 1.82) is 0 Å². The maximum Gasteiger partial charge on any atom is 0.282 e. The first-order valence-electron chi connectivity index (χ1n) is 6.97. The Kier molecular flexibility index (Phi) is 6.30. The molecule has 116 valence electrons. The summed E-state index contributed by atoms with van der Waals surface area (Å²) < 4.78 is 12.8. The maximum absolute atomic E-state index is 12.8. The molecule has 2 atom stereocenters. The van der Waals surface area contributed by atoms with Gasteiger partial charge in [-0.3, -0.25) is 9.59 Å². The van der Waals surface area contributed by atoms with Crippen molar-refractivity contribution in [2.75, 3.05) is 18.9 Å². The van der Waals surface area contributed by atoms with Crippen LogP contribution < -0.4 is 15.5 Å². The topological polar surface area (TPSA) is 62.6 Å². The minimum atomic E-state index is -0.395. The molecule has 0 radical (unpaired) electrons. The van der Waals surface area contributed by atoms with Gasteiger partial charge >= 0.3 is 0 Å². The van der Waals surface area contributed by atoms with Crippen LogP contribution in [0.4, 0.5) is 10.1 Å². The number of halogens is 1. The zero-order valence-corrected chi connectivity index (χ0v) is 12.9. The van der Waals surface area contributed by atoms with E-state index < -0.39 is 6.04 Å². The third-order valence-corrected chi connectivity index (χ3v) is 3.13. The molecule has 0 saturated heterocycles. The SMILES string of the molecule is CC(C)NC(=O)C[NH+](C)[C@@H](C)C(=O)Nc1ccc(F)cc1. The number of rotatable bonds is 6. The summed E-state index contributed by atoms with van der Waals surface area (Å²) in [6, 6.07) is 5.25. The van der Waals surface area contributed by atoms with Gasteiger partial charge in [-0.1, -0.05) is 0 Å². The van der Waals surface area contributed by atoms with Crippen molar-refractivity contribution in [3.8, 4) is 0 Å².